The van der Waals surface area contributed by atoms with E-state index in [9.17, 15) is 9.90 Å². The molecule has 3 fully saturated rings. The number of aliphatic hydroxyl groups excluding tert-OH is 1. The van der Waals surface area contributed by atoms with Crippen LogP contribution in [0, 0.1) is 17.8 Å². The standard InChI is InChI=1S/C60H59N5O10/c1-62(40-42-15-6-3-7-16-42)30-14-17-41-24-29-49-48(39-41)60(58(69)64(49)59(70)74-38-37-71-2)51(56(67)61-45-25-27-46(28-26-45)63-31-34-72-35-32-63)53-57(68)75-54(44-20-10-5-11-21-44)52(43-18-8-4-9-19-43)65(53)55(60)47-22-12-13-23-50(47)73-36-33-66/h3-13,15-16,18-29,39,51-55,66H,30-38,40H2,1-2H3,(H,61,67)/t51-,52-,53-,54+,55+,60-/m1/s1. The van der Waals surface area contributed by atoms with Crippen molar-refractivity contribution >= 4 is 40.9 Å². The van der Waals surface area contributed by atoms with Gasteiger partial charge in [-0.1, -0.05) is 121 Å². The van der Waals surface area contributed by atoms with Crippen molar-refractivity contribution in [1.82, 2.24) is 9.80 Å². The summed E-state index contributed by atoms with van der Waals surface area (Å²) in [6.07, 6.45) is -1.94. The van der Waals surface area contributed by atoms with Gasteiger partial charge in [-0.3, -0.25) is 24.2 Å². The van der Waals surface area contributed by atoms with Crippen molar-refractivity contribution in [3.8, 4) is 17.6 Å². The number of methoxy groups -OCH3 is 1. The molecule has 0 aliphatic carbocycles. The molecule has 6 aromatic rings. The summed E-state index contributed by atoms with van der Waals surface area (Å²) in [5, 5.41) is 13.3. The number of hydrogen-bond donors (Lipinski definition) is 2. The summed E-state index contributed by atoms with van der Waals surface area (Å²) in [7, 11) is 3.45. The van der Waals surface area contributed by atoms with Crippen LogP contribution in [0.25, 0.3) is 0 Å². The van der Waals surface area contributed by atoms with Gasteiger partial charge in [0.1, 0.15) is 36.5 Å². The second-order valence-corrected chi connectivity index (χ2v) is 18.9. The van der Waals surface area contributed by atoms with Crippen LogP contribution in [0.3, 0.4) is 0 Å². The number of rotatable bonds is 15. The summed E-state index contributed by atoms with van der Waals surface area (Å²) in [4.78, 5) is 70.4. The Hall–Kier alpha value is -7.84. The first-order valence-electron chi connectivity index (χ1n) is 25.2. The van der Waals surface area contributed by atoms with E-state index in [1.54, 1.807) is 54.6 Å². The predicted molar refractivity (Wildman–Crippen MR) is 282 cm³/mol. The number of hydrogen-bond acceptors (Lipinski definition) is 13. The van der Waals surface area contributed by atoms with Crippen LogP contribution >= 0.6 is 0 Å². The molecule has 15 nitrogen and oxygen atoms in total. The van der Waals surface area contributed by atoms with Crippen LogP contribution in [0.4, 0.5) is 21.9 Å². The zero-order valence-corrected chi connectivity index (χ0v) is 41.9. The number of carbonyl (C=O) groups is 4. The number of esters is 1. The smallest absolute Gasteiger partial charge is 0.421 e. The van der Waals surface area contributed by atoms with E-state index in [2.05, 4.69) is 39.1 Å². The maximum Gasteiger partial charge on any atom is 0.421 e. The summed E-state index contributed by atoms with van der Waals surface area (Å²) in [6.45, 7) is 3.07. The second kappa shape index (κ2) is 22.7. The molecule has 0 bridgehead atoms. The van der Waals surface area contributed by atoms with Gasteiger partial charge in [0.05, 0.1) is 56.7 Å². The number of anilines is 3. The molecular formula is C60H59N5O10. The Kier molecular flexibility index (Phi) is 15.4. The summed E-state index contributed by atoms with van der Waals surface area (Å²) in [5.74, 6) is 3.11. The Morgan fingerprint density at radius 2 is 1.48 bits per heavy atom. The molecule has 4 aliphatic rings. The maximum absolute atomic E-state index is 16.7. The highest BCUT2D eigenvalue weighted by Gasteiger charge is 2.76. The number of carbonyl (C=O) groups excluding carboxylic acids is 4. The molecule has 15 heteroatoms. The number of cyclic esters (lactones) is 1. The normalized spacial score (nSPS) is 22.0. The molecule has 2 N–H and O–H groups in total. The molecular weight excluding hydrogens is 951 g/mol. The lowest BCUT2D eigenvalue weighted by Gasteiger charge is -2.46. The second-order valence-electron chi connectivity index (χ2n) is 18.9. The molecule has 6 atom stereocenters. The van der Waals surface area contributed by atoms with Gasteiger partial charge in [-0.05, 0) is 77.8 Å². The molecule has 10 rings (SSSR count). The van der Waals surface area contributed by atoms with Gasteiger partial charge in [0.25, 0.3) is 0 Å². The van der Waals surface area contributed by atoms with Crippen LogP contribution in [0.5, 0.6) is 5.75 Å². The number of nitrogens with one attached hydrogen (secondary N) is 1. The molecule has 4 aliphatic heterocycles. The van der Waals surface area contributed by atoms with Gasteiger partial charge in [-0.15, -0.1) is 0 Å². The average molecular weight is 1010 g/mol. The van der Waals surface area contributed by atoms with Crippen molar-refractivity contribution in [3.63, 3.8) is 0 Å². The number of aliphatic hydroxyl groups is 1. The van der Waals surface area contributed by atoms with Gasteiger partial charge < -0.3 is 39.0 Å². The Balaban J connectivity index is 1.21. The van der Waals surface area contributed by atoms with E-state index in [1.807, 2.05) is 103 Å². The van der Waals surface area contributed by atoms with Crippen LogP contribution in [0.15, 0.2) is 158 Å². The molecule has 6 aromatic carbocycles. The molecule has 3 amide bonds. The SMILES string of the molecule is COCCOC(=O)N1C(=O)[C@@]2(c3cc(C#CCN(C)Cc4ccccc4)ccc31)[C@H](c1ccccc1OCCO)N1[C@H](c3ccccc3)[C@H](c3ccccc3)OC(=O)[C@H]1[C@@H]2C(=O)Nc1ccc(N2CCOCC2)cc1. The number of morpholine rings is 2. The Labute approximate surface area is 436 Å². The van der Waals surface area contributed by atoms with Gasteiger partial charge in [0.2, 0.25) is 11.8 Å². The minimum atomic E-state index is -2.11. The van der Waals surface area contributed by atoms with E-state index >= 15 is 14.4 Å². The summed E-state index contributed by atoms with van der Waals surface area (Å²) in [6, 6.07) is 45.1. The van der Waals surface area contributed by atoms with Crippen molar-refractivity contribution < 1.29 is 48.0 Å². The highest BCUT2D eigenvalue weighted by Crippen LogP contribution is 2.67. The molecule has 0 radical (unpaired) electrons. The molecule has 0 saturated carbocycles. The monoisotopic (exact) mass is 1010 g/mol. The van der Waals surface area contributed by atoms with Crippen LogP contribution in [-0.2, 0) is 45.3 Å². The van der Waals surface area contributed by atoms with E-state index in [-0.39, 0.29) is 37.7 Å². The first-order valence-corrected chi connectivity index (χ1v) is 25.2. The first-order chi connectivity index (χ1) is 36.7. The van der Waals surface area contributed by atoms with Crippen molar-refractivity contribution in [3.05, 3.63) is 191 Å². The maximum atomic E-state index is 16.7. The molecule has 75 heavy (non-hydrogen) atoms. The van der Waals surface area contributed by atoms with Crippen LogP contribution in [0.2, 0.25) is 0 Å². The molecule has 0 aromatic heterocycles. The van der Waals surface area contributed by atoms with Crippen LogP contribution in [0.1, 0.15) is 51.6 Å². The van der Waals surface area contributed by atoms with Gasteiger partial charge in [-0.25, -0.2) is 9.69 Å². The lowest BCUT2D eigenvalue weighted by molar-refractivity contribution is -0.177. The summed E-state index contributed by atoms with van der Waals surface area (Å²) >= 11 is 0. The first kappa shape index (κ1) is 50.7. The quantitative estimate of drug-likeness (QED) is 0.0594. The van der Waals surface area contributed by atoms with Crippen molar-refractivity contribution in [1.29, 1.82) is 0 Å². The molecule has 3 saturated heterocycles. The number of benzene rings is 6. The van der Waals surface area contributed by atoms with Crippen LogP contribution < -0.4 is 19.9 Å². The minimum absolute atomic E-state index is 0.0495. The zero-order chi connectivity index (χ0) is 51.9. The fraction of sp³-hybridized carbons (Fsp3) is 0.300. The average Bonchev–Trinajstić information content (AvgIpc) is 4.01. The fourth-order valence-electron chi connectivity index (χ4n) is 11.2. The number of ether oxygens (including phenoxy) is 5. The number of imide groups is 1. The molecule has 1 spiro atoms. The number of nitrogens with zero attached hydrogens (tertiary/aromatic N) is 4. The van der Waals surface area contributed by atoms with E-state index in [4.69, 9.17) is 23.7 Å². The Bertz CT molecular complexity index is 3050. The molecule has 0 unspecified atom stereocenters. The van der Waals surface area contributed by atoms with Crippen molar-refractivity contribution in [2.75, 3.05) is 88.5 Å². The van der Waals surface area contributed by atoms with E-state index in [1.165, 1.54) is 7.11 Å². The molecule has 4 heterocycles. The van der Waals surface area contributed by atoms with E-state index in [0.29, 0.717) is 67.5 Å². The van der Waals surface area contributed by atoms with Crippen molar-refractivity contribution in [2.24, 2.45) is 5.92 Å². The fourth-order valence-corrected chi connectivity index (χ4v) is 11.2. The third kappa shape index (κ3) is 9.98. The largest absolute Gasteiger partial charge is 0.491 e. The van der Waals surface area contributed by atoms with Crippen LogP contribution in [-0.4, -0.2) is 118 Å². The zero-order valence-electron chi connectivity index (χ0n) is 41.9. The lowest BCUT2D eigenvalue weighted by atomic mass is 9.65. The highest BCUT2D eigenvalue weighted by molar-refractivity contribution is 6.24. The number of para-hydroxylation sites is 1. The predicted octanol–water partition coefficient (Wildman–Crippen LogP) is 7.47. The van der Waals surface area contributed by atoms with Gasteiger partial charge in [0, 0.05) is 49.2 Å². The topological polar surface area (TPSA) is 160 Å². The summed E-state index contributed by atoms with van der Waals surface area (Å²) in [5.41, 5.74) is 3.14. The lowest BCUT2D eigenvalue weighted by Crippen LogP contribution is -2.54. The minimum Gasteiger partial charge on any atom is -0.491 e. The van der Waals surface area contributed by atoms with E-state index in [0.717, 1.165) is 21.7 Å². The summed E-state index contributed by atoms with van der Waals surface area (Å²) < 4.78 is 29.6. The third-order valence-electron chi connectivity index (χ3n) is 14.4. The van der Waals surface area contributed by atoms with E-state index < -0.39 is 59.4 Å². The third-order valence-corrected chi connectivity index (χ3v) is 14.4. The Morgan fingerprint density at radius 1 is 0.800 bits per heavy atom. The highest BCUT2D eigenvalue weighted by atomic mass is 16.6. The van der Waals surface area contributed by atoms with Gasteiger partial charge in [0.15, 0.2) is 0 Å². The Morgan fingerprint density at radius 3 is 2.19 bits per heavy atom. The van der Waals surface area contributed by atoms with Gasteiger partial charge >= 0.3 is 12.1 Å². The van der Waals surface area contributed by atoms with Crippen molar-refractivity contribution in [2.45, 2.75) is 36.2 Å². The van der Waals surface area contributed by atoms with Gasteiger partial charge in [-0.2, -0.15) is 0 Å². The number of fused-ring (bicyclic) bond motifs is 3. The number of amides is 3. The molecule has 384 valence electrons.